The highest BCUT2D eigenvalue weighted by Crippen LogP contribution is 2.27. The average molecular weight is 278 g/mol. The van der Waals surface area contributed by atoms with Crippen molar-refractivity contribution < 1.29 is 9.59 Å². The van der Waals surface area contributed by atoms with Crippen LogP contribution in [0.1, 0.15) is 44.9 Å². The van der Waals surface area contributed by atoms with Gasteiger partial charge in [-0.25, -0.2) is 0 Å². The summed E-state index contributed by atoms with van der Waals surface area (Å²) < 4.78 is 0. The summed E-state index contributed by atoms with van der Waals surface area (Å²) in [7, 11) is 0. The fraction of sp³-hybridized carbons (Fsp3) is 0.750. The third kappa shape index (κ3) is 3.84. The zero-order valence-corrected chi connectivity index (χ0v) is 12.3. The van der Waals surface area contributed by atoms with E-state index < -0.39 is 0 Å². The first-order chi connectivity index (χ1) is 9.72. The molecule has 20 heavy (non-hydrogen) atoms. The van der Waals surface area contributed by atoms with Crippen LogP contribution in [0.4, 0.5) is 0 Å². The molecule has 0 unspecified atom stereocenters. The molecule has 1 N–H and O–H groups in total. The van der Waals surface area contributed by atoms with E-state index in [1.807, 2.05) is 4.90 Å². The number of nitrogens with one attached hydrogen (secondary N) is 1. The van der Waals surface area contributed by atoms with Crippen LogP contribution < -0.4 is 5.32 Å². The Morgan fingerprint density at radius 3 is 2.30 bits per heavy atom. The highest BCUT2D eigenvalue weighted by molar-refractivity contribution is 5.81. The maximum atomic E-state index is 12.4. The van der Waals surface area contributed by atoms with Crippen LogP contribution >= 0.6 is 0 Å². The number of piperidine rings is 1. The fourth-order valence-electron chi connectivity index (χ4n) is 3.29. The van der Waals surface area contributed by atoms with E-state index in [1.54, 1.807) is 6.08 Å². The summed E-state index contributed by atoms with van der Waals surface area (Å²) in [6.07, 6.45) is 9.04. The van der Waals surface area contributed by atoms with Crippen molar-refractivity contribution >= 4 is 11.8 Å². The molecule has 1 saturated carbocycles. The van der Waals surface area contributed by atoms with E-state index >= 15 is 0 Å². The number of likely N-dealkylation sites (tertiary alicyclic amines) is 1. The van der Waals surface area contributed by atoms with Crippen molar-refractivity contribution in [3.63, 3.8) is 0 Å². The quantitative estimate of drug-likeness (QED) is 0.801. The highest BCUT2D eigenvalue weighted by Gasteiger charge is 2.31. The first-order valence-corrected chi connectivity index (χ1v) is 7.89. The number of nitrogens with zero attached hydrogens (tertiary/aromatic N) is 1. The number of hydrogen-bond acceptors (Lipinski definition) is 2. The maximum absolute atomic E-state index is 12.4. The minimum atomic E-state index is 0.0605. The summed E-state index contributed by atoms with van der Waals surface area (Å²) >= 11 is 0. The zero-order chi connectivity index (χ0) is 14.4. The molecule has 0 spiro atoms. The molecule has 0 atom stereocenters. The Hall–Kier alpha value is -1.32. The van der Waals surface area contributed by atoms with E-state index in [-0.39, 0.29) is 17.7 Å². The van der Waals surface area contributed by atoms with Gasteiger partial charge in [0.05, 0.1) is 0 Å². The van der Waals surface area contributed by atoms with Crippen LogP contribution in [0.3, 0.4) is 0 Å². The standard InChI is InChI=1S/C16H26N2O2/c1-2-10-17-15(19)13-8-11-18(12-9-13)16(20)14-6-4-3-5-7-14/h2,13-14H,1,3-12H2,(H,17,19). The Morgan fingerprint density at radius 1 is 1.05 bits per heavy atom. The second-order valence-corrected chi connectivity index (χ2v) is 5.97. The van der Waals surface area contributed by atoms with Gasteiger partial charge >= 0.3 is 0 Å². The lowest BCUT2D eigenvalue weighted by atomic mass is 9.87. The predicted molar refractivity (Wildman–Crippen MR) is 79.1 cm³/mol. The van der Waals surface area contributed by atoms with E-state index in [1.165, 1.54) is 19.3 Å². The Labute approximate surface area is 121 Å². The van der Waals surface area contributed by atoms with Crippen LogP contribution in [-0.2, 0) is 9.59 Å². The highest BCUT2D eigenvalue weighted by atomic mass is 16.2. The number of hydrogen-bond donors (Lipinski definition) is 1. The smallest absolute Gasteiger partial charge is 0.225 e. The number of carbonyl (C=O) groups excluding carboxylic acids is 2. The Kier molecular flexibility index (Phi) is 5.62. The summed E-state index contributed by atoms with van der Waals surface area (Å²) in [6, 6.07) is 0. The first kappa shape index (κ1) is 15.1. The van der Waals surface area contributed by atoms with E-state index in [2.05, 4.69) is 11.9 Å². The number of carbonyl (C=O) groups is 2. The first-order valence-electron chi connectivity index (χ1n) is 7.89. The summed E-state index contributed by atoms with van der Waals surface area (Å²) in [5.74, 6) is 0.740. The molecule has 2 rings (SSSR count). The van der Waals surface area contributed by atoms with Gasteiger partial charge in [-0.15, -0.1) is 6.58 Å². The monoisotopic (exact) mass is 278 g/mol. The van der Waals surface area contributed by atoms with Gasteiger partial charge < -0.3 is 10.2 Å². The van der Waals surface area contributed by atoms with E-state index in [4.69, 9.17) is 0 Å². The molecule has 0 bridgehead atoms. The van der Waals surface area contributed by atoms with Gasteiger partial charge in [-0.1, -0.05) is 25.3 Å². The van der Waals surface area contributed by atoms with Crippen molar-refractivity contribution in [2.45, 2.75) is 44.9 Å². The summed E-state index contributed by atoms with van der Waals surface area (Å²) in [5, 5.41) is 2.85. The molecule has 1 saturated heterocycles. The molecule has 4 nitrogen and oxygen atoms in total. The average Bonchev–Trinajstić information content (AvgIpc) is 2.53. The lowest BCUT2D eigenvalue weighted by Gasteiger charge is -2.34. The minimum absolute atomic E-state index is 0.0605. The number of amides is 2. The second kappa shape index (κ2) is 7.46. The second-order valence-electron chi connectivity index (χ2n) is 5.97. The van der Waals surface area contributed by atoms with Crippen LogP contribution in [0, 0.1) is 11.8 Å². The SMILES string of the molecule is C=CCNC(=O)C1CCN(C(=O)C2CCCCC2)CC1. The molecule has 1 heterocycles. The van der Waals surface area contributed by atoms with Gasteiger partial charge in [-0.2, -0.15) is 0 Å². The maximum Gasteiger partial charge on any atom is 0.225 e. The molecule has 112 valence electrons. The summed E-state index contributed by atoms with van der Waals surface area (Å²) in [4.78, 5) is 26.3. The van der Waals surface area contributed by atoms with Crippen LogP contribution in [0.15, 0.2) is 12.7 Å². The summed E-state index contributed by atoms with van der Waals surface area (Å²) in [5.41, 5.74) is 0. The van der Waals surface area contributed by atoms with Crippen molar-refractivity contribution in [3.8, 4) is 0 Å². The van der Waals surface area contributed by atoms with Gasteiger partial charge in [-0.3, -0.25) is 9.59 Å². The molecule has 0 aromatic rings. The molecule has 0 radical (unpaired) electrons. The van der Waals surface area contributed by atoms with Gasteiger partial charge in [-0.05, 0) is 25.7 Å². The molecule has 2 amide bonds. The molecule has 2 fully saturated rings. The van der Waals surface area contributed by atoms with Crippen molar-refractivity contribution in [3.05, 3.63) is 12.7 Å². The Bertz CT molecular complexity index is 353. The van der Waals surface area contributed by atoms with Crippen molar-refractivity contribution in [2.24, 2.45) is 11.8 Å². The normalized spacial score (nSPS) is 21.5. The van der Waals surface area contributed by atoms with Crippen molar-refractivity contribution in [1.29, 1.82) is 0 Å². The third-order valence-corrected chi connectivity index (χ3v) is 4.55. The molecule has 4 heteroatoms. The molecule has 2 aliphatic rings. The lowest BCUT2D eigenvalue weighted by molar-refractivity contribution is -0.140. The topological polar surface area (TPSA) is 49.4 Å². The van der Waals surface area contributed by atoms with Crippen LogP contribution in [0.2, 0.25) is 0 Å². The summed E-state index contributed by atoms with van der Waals surface area (Å²) in [6.45, 7) is 5.60. The lowest BCUT2D eigenvalue weighted by Crippen LogP contribution is -2.45. The zero-order valence-electron chi connectivity index (χ0n) is 12.3. The fourth-order valence-corrected chi connectivity index (χ4v) is 3.29. The van der Waals surface area contributed by atoms with Crippen LogP contribution in [0.5, 0.6) is 0 Å². The number of rotatable bonds is 4. The van der Waals surface area contributed by atoms with Gasteiger partial charge in [0.2, 0.25) is 11.8 Å². The van der Waals surface area contributed by atoms with Crippen LogP contribution in [0.25, 0.3) is 0 Å². The third-order valence-electron chi connectivity index (χ3n) is 4.55. The van der Waals surface area contributed by atoms with Crippen molar-refractivity contribution in [1.82, 2.24) is 10.2 Å². The van der Waals surface area contributed by atoms with E-state index in [0.717, 1.165) is 38.8 Å². The van der Waals surface area contributed by atoms with Gasteiger partial charge in [0, 0.05) is 31.5 Å². The van der Waals surface area contributed by atoms with Gasteiger partial charge in [0.1, 0.15) is 0 Å². The van der Waals surface area contributed by atoms with Gasteiger partial charge in [0.15, 0.2) is 0 Å². The largest absolute Gasteiger partial charge is 0.352 e. The molecular weight excluding hydrogens is 252 g/mol. The molecule has 1 aliphatic carbocycles. The van der Waals surface area contributed by atoms with Crippen LogP contribution in [-0.4, -0.2) is 36.3 Å². The van der Waals surface area contributed by atoms with Gasteiger partial charge in [0.25, 0.3) is 0 Å². The molecule has 1 aliphatic heterocycles. The molecule has 0 aromatic carbocycles. The predicted octanol–water partition coefficient (Wildman–Crippen LogP) is 2.11. The molecular formula is C16H26N2O2. The van der Waals surface area contributed by atoms with Crippen molar-refractivity contribution in [2.75, 3.05) is 19.6 Å². The molecule has 0 aromatic heterocycles. The van der Waals surface area contributed by atoms with E-state index in [0.29, 0.717) is 12.5 Å². The van der Waals surface area contributed by atoms with E-state index in [9.17, 15) is 9.59 Å². The minimum Gasteiger partial charge on any atom is -0.352 e. The Morgan fingerprint density at radius 2 is 1.70 bits per heavy atom. The Balaban J connectivity index is 1.77.